The van der Waals surface area contributed by atoms with Gasteiger partial charge in [-0.05, 0) is 41.8 Å². The Labute approximate surface area is 199 Å². The number of methoxy groups -OCH3 is 1. The number of aliphatic hydroxyl groups excluding tert-OH is 1. The fourth-order valence-electron chi connectivity index (χ4n) is 6.28. The topological polar surface area (TPSA) is 85.5 Å². The minimum absolute atomic E-state index is 0.0773. The van der Waals surface area contributed by atoms with Crippen molar-refractivity contribution in [2.24, 2.45) is 11.8 Å². The molecule has 0 amide bonds. The van der Waals surface area contributed by atoms with Crippen molar-refractivity contribution in [3.63, 3.8) is 0 Å². The molecule has 2 aromatic carbocycles. The first-order valence-electron chi connectivity index (χ1n) is 11.8. The zero-order valence-corrected chi connectivity index (χ0v) is 19.3. The summed E-state index contributed by atoms with van der Waals surface area (Å²) in [4.78, 5) is 15.9. The minimum Gasteiger partial charge on any atom is -0.497 e. The highest BCUT2D eigenvalue weighted by Crippen LogP contribution is 2.48. The normalized spacial score (nSPS) is 26.8. The second-order valence-corrected chi connectivity index (χ2v) is 9.65. The number of piperidine rings is 3. The monoisotopic (exact) mass is 460 g/mol. The average Bonchev–Trinajstić information content (AvgIpc) is 2.87. The van der Waals surface area contributed by atoms with Crippen molar-refractivity contribution < 1.29 is 19.2 Å². The number of aliphatic hydroxyl groups is 1. The van der Waals surface area contributed by atoms with E-state index in [1.165, 1.54) is 0 Å². The SMILES string of the molecule is C=C[C@H]1C[N@+]2(Cc3ccccc3[N+](=O)[O-])CC[C@H]1C[C@H]2[C@H](O)c1ccnc2ccc(OC)cc12. The summed E-state index contributed by atoms with van der Waals surface area (Å²) in [5.74, 6) is 1.52. The van der Waals surface area contributed by atoms with Gasteiger partial charge in [-0.2, -0.15) is 0 Å². The highest BCUT2D eigenvalue weighted by atomic mass is 16.6. The molecule has 3 aliphatic heterocycles. The summed E-state index contributed by atoms with van der Waals surface area (Å²) in [6.45, 7) is 6.30. The molecule has 34 heavy (non-hydrogen) atoms. The lowest BCUT2D eigenvalue weighted by molar-refractivity contribution is -0.985. The van der Waals surface area contributed by atoms with Gasteiger partial charge in [0.05, 0.1) is 36.2 Å². The Hall–Kier alpha value is -3.29. The summed E-state index contributed by atoms with van der Waals surface area (Å²) in [7, 11) is 1.63. The molecule has 2 bridgehead atoms. The molecule has 1 N–H and O–H groups in total. The number of hydrogen-bond acceptors (Lipinski definition) is 5. The number of aromatic nitrogens is 1. The molecule has 3 aromatic rings. The van der Waals surface area contributed by atoms with Gasteiger partial charge in [-0.25, -0.2) is 0 Å². The molecule has 7 heteroatoms. The molecule has 4 heterocycles. The summed E-state index contributed by atoms with van der Waals surface area (Å²) in [5, 5.41) is 24.5. The minimum atomic E-state index is -0.728. The molecule has 0 unspecified atom stereocenters. The number of nitro groups is 1. The van der Waals surface area contributed by atoms with E-state index in [1.54, 1.807) is 25.4 Å². The second kappa shape index (κ2) is 8.81. The highest BCUT2D eigenvalue weighted by molar-refractivity contribution is 5.83. The standard InChI is InChI=1S/C27H30N3O4/c1-3-18-16-30(17-20-6-4-5-7-25(20)29(32)33)13-11-19(18)14-26(30)27(31)22-10-12-28-24-9-8-21(34-2)15-23(22)24/h3-10,12,15,18-19,26-27,31H,1,11,13-14,16-17H2,2H3/q+1/t18-,19-,26-,27+,30-/m0/s1. The molecule has 176 valence electrons. The lowest BCUT2D eigenvalue weighted by Gasteiger charge is -2.58. The van der Waals surface area contributed by atoms with E-state index >= 15 is 0 Å². The average molecular weight is 461 g/mol. The van der Waals surface area contributed by atoms with Crippen molar-refractivity contribution in [3.8, 4) is 5.75 Å². The van der Waals surface area contributed by atoms with E-state index in [0.29, 0.717) is 28.4 Å². The smallest absolute Gasteiger partial charge is 0.278 e. The van der Waals surface area contributed by atoms with Gasteiger partial charge in [0.2, 0.25) is 0 Å². The molecule has 0 saturated carbocycles. The molecule has 0 radical (unpaired) electrons. The van der Waals surface area contributed by atoms with Crippen LogP contribution in [-0.2, 0) is 6.54 Å². The van der Waals surface area contributed by atoms with Crippen LogP contribution in [-0.4, -0.2) is 45.7 Å². The number of pyridine rings is 1. The molecule has 6 rings (SSSR count). The van der Waals surface area contributed by atoms with Crippen molar-refractivity contribution in [2.45, 2.75) is 31.5 Å². The van der Waals surface area contributed by atoms with E-state index < -0.39 is 6.10 Å². The Kier molecular flexibility index (Phi) is 5.83. The summed E-state index contributed by atoms with van der Waals surface area (Å²) in [6, 6.07) is 14.5. The highest BCUT2D eigenvalue weighted by Gasteiger charge is 2.54. The Morgan fingerprint density at radius 3 is 2.91 bits per heavy atom. The molecule has 3 fully saturated rings. The third kappa shape index (κ3) is 3.75. The fraction of sp³-hybridized carbons (Fsp3) is 0.370. The number of para-hydroxylation sites is 1. The molecule has 3 aliphatic rings. The maximum Gasteiger partial charge on any atom is 0.278 e. The summed E-state index contributed by atoms with van der Waals surface area (Å²) >= 11 is 0. The number of benzene rings is 2. The van der Waals surface area contributed by atoms with Crippen molar-refractivity contribution in [2.75, 3.05) is 20.2 Å². The Bertz CT molecular complexity index is 1250. The number of quaternary nitrogens is 1. The summed E-state index contributed by atoms with van der Waals surface area (Å²) < 4.78 is 6.04. The van der Waals surface area contributed by atoms with Crippen LogP contribution < -0.4 is 4.74 Å². The van der Waals surface area contributed by atoms with Gasteiger partial charge < -0.3 is 14.3 Å². The van der Waals surface area contributed by atoms with E-state index in [1.807, 2.05) is 42.5 Å². The molecule has 0 aliphatic carbocycles. The van der Waals surface area contributed by atoms with Gasteiger partial charge in [-0.3, -0.25) is 15.1 Å². The van der Waals surface area contributed by atoms with Gasteiger partial charge in [0.1, 0.15) is 24.4 Å². The van der Waals surface area contributed by atoms with E-state index in [9.17, 15) is 15.2 Å². The van der Waals surface area contributed by atoms with Crippen LogP contribution in [0.3, 0.4) is 0 Å². The number of ether oxygens (including phenoxy) is 1. The fourth-order valence-corrected chi connectivity index (χ4v) is 6.28. The van der Waals surface area contributed by atoms with Gasteiger partial charge in [0.15, 0.2) is 0 Å². The number of nitrogens with zero attached hydrogens (tertiary/aromatic N) is 3. The molecular formula is C27H30N3O4+. The third-order valence-corrected chi connectivity index (χ3v) is 8.01. The number of rotatable bonds is 7. The van der Waals surface area contributed by atoms with Gasteiger partial charge in [-0.15, -0.1) is 6.58 Å². The van der Waals surface area contributed by atoms with Crippen LogP contribution in [0.2, 0.25) is 0 Å². The zero-order valence-electron chi connectivity index (χ0n) is 19.3. The van der Waals surface area contributed by atoms with Crippen molar-refractivity contribution in [1.82, 2.24) is 4.98 Å². The van der Waals surface area contributed by atoms with Crippen LogP contribution >= 0.6 is 0 Å². The quantitative estimate of drug-likeness (QED) is 0.237. The first kappa shape index (κ1) is 22.5. The Morgan fingerprint density at radius 2 is 2.15 bits per heavy atom. The molecule has 3 saturated heterocycles. The predicted molar refractivity (Wildman–Crippen MR) is 130 cm³/mol. The van der Waals surface area contributed by atoms with Crippen LogP contribution in [0.5, 0.6) is 5.75 Å². The van der Waals surface area contributed by atoms with Gasteiger partial charge in [0, 0.05) is 36.4 Å². The van der Waals surface area contributed by atoms with Crippen LogP contribution in [0.1, 0.15) is 30.1 Å². The Morgan fingerprint density at radius 1 is 1.32 bits per heavy atom. The number of fused-ring (bicyclic) bond motifs is 4. The van der Waals surface area contributed by atoms with Crippen LogP contribution in [0, 0.1) is 22.0 Å². The maximum atomic E-state index is 11.9. The number of hydrogen-bond donors (Lipinski definition) is 1. The van der Waals surface area contributed by atoms with E-state index in [2.05, 4.69) is 11.6 Å². The van der Waals surface area contributed by atoms with E-state index in [0.717, 1.165) is 48.1 Å². The van der Waals surface area contributed by atoms with Crippen molar-refractivity contribution in [1.29, 1.82) is 0 Å². The van der Waals surface area contributed by atoms with Crippen molar-refractivity contribution in [3.05, 3.63) is 88.6 Å². The molecule has 0 spiro atoms. The van der Waals surface area contributed by atoms with Crippen LogP contribution in [0.25, 0.3) is 10.9 Å². The first-order valence-corrected chi connectivity index (χ1v) is 11.8. The molecular weight excluding hydrogens is 430 g/mol. The van der Waals surface area contributed by atoms with Crippen molar-refractivity contribution >= 4 is 16.6 Å². The van der Waals surface area contributed by atoms with Crippen LogP contribution in [0.15, 0.2) is 67.4 Å². The maximum absolute atomic E-state index is 11.9. The molecule has 5 atom stereocenters. The lowest BCUT2D eigenvalue weighted by atomic mass is 9.71. The van der Waals surface area contributed by atoms with Gasteiger partial charge in [0.25, 0.3) is 5.69 Å². The van der Waals surface area contributed by atoms with Gasteiger partial charge in [-0.1, -0.05) is 18.2 Å². The summed E-state index contributed by atoms with van der Waals surface area (Å²) in [6.07, 6.45) is 4.93. The first-order chi connectivity index (χ1) is 16.5. The third-order valence-electron chi connectivity index (χ3n) is 8.01. The van der Waals surface area contributed by atoms with E-state index in [-0.39, 0.29) is 16.7 Å². The zero-order chi connectivity index (χ0) is 23.9. The molecule has 1 aromatic heterocycles. The second-order valence-electron chi connectivity index (χ2n) is 9.65. The predicted octanol–water partition coefficient (Wildman–Crippen LogP) is 4.80. The number of nitro benzene ring substituents is 1. The Balaban J connectivity index is 1.58. The molecule has 7 nitrogen and oxygen atoms in total. The van der Waals surface area contributed by atoms with E-state index in [4.69, 9.17) is 4.74 Å². The van der Waals surface area contributed by atoms with Gasteiger partial charge >= 0.3 is 0 Å². The largest absolute Gasteiger partial charge is 0.497 e. The summed E-state index contributed by atoms with van der Waals surface area (Å²) in [5.41, 5.74) is 2.50. The lowest BCUT2D eigenvalue weighted by Crippen LogP contribution is -2.67. The van der Waals surface area contributed by atoms with Crippen LogP contribution in [0.4, 0.5) is 5.69 Å².